The van der Waals surface area contributed by atoms with E-state index in [0.717, 1.165) is 22.5 Å². The second-order valence-corrected chi connectivity index (χ2v) is 9.74. The first-order valence-electron chi connectivity index (χ1n) is 12.7. The molecule has 1 amide bonds. The molecule has 1 fully saturated rings. The number of hydrogen-bond donors (Lipinski definition) is 1. The molecule has 0 aliphatic carbocycles. The van der Waals surface area contributed by atoms with Gasteiger partial charge < -0.3 is 24.4 Å². The van der Waals surface area contributed by atoms with Crippen LogP contribution in [0.4, 0.5) is 21.7 Å². The summed E-state index contributed by atoms with van der Waals surface area (Å²) < 4.78 is 21.0. The lowest BCUT2D eigenvalue weighted by Gasteiger charge is -2.45. The van der Waals surface area contributed by atoms with Crippen molar-refractivity contribution in [1.29, 1.82) is 0 Å². The number of ketones is 1. The average Bonchev–Trinajstić information content (AvgIpc) is 3.26. The van der Waals surface area contributed by atoms with E-state index in [0.29, 0.717) is 49.3 Å². The van der Waals surface area contributed by atoms with Crippen LogP contribution in [0.1, 0.15) is 16.2 Å². The summed E-state index contributed by atoms with van der Waals surface area (Å²) in [5.41, 5.74) is 4.22. The Balaban J connectivity index is 1.18. The number of halogens is 1. The van der Waals surface area contributed by atoms with Gasteiger partial charge in [-0.15, -0.1) is 0 Å². The molecule has 0 saturated carbocycles. The van der Waals surface area contributed by atoms with E-state index >= 15 is 0 Å². The van der Waals surface area contributed by atoms with E-state index in [1.54, 1.807) is 23.7 Å². The average molecular weight is 527 g/mol. The van der Waals surface area contributed by atoms with E-state index in [4.69, 9.17) is 4.74 Å². The lowest BCUT2D eigenvalue weighted by atomic mass is 10.0. The zero-order valence-electron chi connectivity index (χ0n) is 21.6. The number of ether oxygens (including phenoxy) is 1. The highest BCUT2D eigenvalue weighted by Gasteiger charge is 2.34. The number of anilines is 3. The molecule has 0 radical (unpaired) electrons. The molecule has 1 N–H and O–H groups in total. The molecule has 0 unspecified atom stereocenters. The van der Waals surface area contributed by atoms with Crippen LogP contribution in [0.15, 0.2) is 67.0 Å². The van der Waals surface area contributed by atoms with Gasteiger partial charge in [0.15, 0.2) is 5.82 Å². The minimum absolute atomic E-state index is 0.0684. The molecule has 39 heavy (non-hydrogen) atoms. The first-order valence-corrected chi connectivity index (χ1v) is 12.7. The van der Waals surface area contributed by atoms with E-state index in [2.05, 4.69) is 20.2 Å². The largest absolute Gasteiger partial charge is 0.489 e. The Bertz CT molecular complexity index is 1550. The van der Waals surface area contributed by atoms with Gasteiger partial charge in [-0.25, -0.2) is 14.4 Å². The Hall–Kier alpha value is -4.73. The number of nitrogens with zero attached hydrogens (tertiary/aromatic N) is 5. The standard InChI is InChI=1S/C29H27FN6O3/c1-18-12-23(19-6-4-3-5-7-19)26(34(18)2)27(37)28(38)33-21-8-9-24-25(13-21)39-17-22-16-35(10-11-36(22)24)29-31-14-20(30)15-32-29/h3-9,12-15,22H,10-11,16-17H2,1-2H3,(H,33,38)/t22-/m0/s1. The molecule has 9 nitrogen and oxygen atoms in total. The summed E-state index contributed by atoms with van der Waals surface area (Å²) >= 11 is 0. The maximum absolute atomic E-state index is 13.3. The molecule has 4 heterocycles. The summed E-state index contributed by atoms with van der Waals surface area (Å²) in [6.45, 7) is 4.36. The van der Waals surface area contributed by atoms with Crippen LogP contribution >= 0.6 is 0 Å². The third-order valence-corrected chi connectivity index (χ3v) is 7.31. The highest BCUT2D eigenvalue weighted by molar-refractivity contribution is 6.47. The van der Waals surface area contributed by atoms with Crippen LogP contribution in [0.3, 0.4) is 0 Å². The van der Waals surface area contributed by atoms with E-state index in [9.17, 15) is 14.0 Å². The number of hydrogen-bond acceptors (Lipinski definition) is 7. The zero-order chi connectivity index (χ0) is 27.1. The van der Waals surface area contributed by atoms with Crippen LogP contribution in [0.25, 0.3) is 11.1 Å². The Kier molecular flexibility index (Phi) is 6.22. The lowest BCUT2D eigenvalue weighted by molar-refractivity contribution is -0.112. The van der Waals surface area contributed by atoms with Gasteiger partial charge in [-0.3, -0.25) is 9.59 Å². The van der Waals surface area contributed by atoms with Crippen LogP contribution < -0.4 is 19.9 Å². The van der Waals surface area contributed by atoms with Gasteiger partial charge in [0, 0.05) is 49.7 Å². The second-order valence-electron chi connectivity index (χ2n) is 9.74. The van der Waals surface area contributed by atoms with Crippen molar-refractivity contribution in [3.63, 3.8) is 0 Å². The van der Waals surface area contributed by atoms with Crippen LogP contribution in [0.5, 0.6) is 5.75 Å². The van der Waals surface area contributed by atoms with Crippen molar-refractivity contribution in [2.24, 2.45) is 7.05 Å². The topological polar surface area (TPSA) is 92.6 Å². The number of nitrogens with one attached hydrogen (secondary N) is 1. The number of amides is 1. The van der Waals surface area contributed by atoms with Crippen LogP contribution in [0.2, 0.25) is 0 Å². The van der Waals surface area contributed by atoms with Gasteiger partial charge >= 0.3 is 0 Å². The Morgan fingerprint density at radius 3 is 2.59 bits per heavy atom. The molecule has 1 atom stereocenters. The molecule has 6 rings (SSSR count). The number of rotatable bonds is 5. The van der Waals surface area contributed by atoms with E-state index in [1.807, 2.05) is 54.3 Å². The number of piperazine rings is 1. The quantitative estimate of drug-likeness (QED) is 0.312. The fourth-order valence-corrected chi connectivity index (χ4v) is 5.24. The van der Waals surface area contributed by atoms with Gasteiger partial charge in [0.25, 0.3) is 11.7 Å². The Labute approximate surface area is 224 Å². The summed E-state index contributed by atoms with van der Waals surface area (Å²) in [7, 11) is 1.79. The number of carbonyl (C=O) groups is 2. The SMILES string of the molecule is Cc1cc(-c2ccccc2)c(C(=O)C(=O)Nc2ccc3c(c2)OC[C@@H]2CN(c4ncc(F)cn4)CCN32)n1C. The van der Waals surface area contributed by atoms with Gasteiger partial charge in [0.1, 0.15) is 18.1 Å². The second kappa shape index (κ2) is 9.86. The molecule has 2 aromatic heterocycles. The van der Waals surface area contributed by atoms with Crippen molar-refractivity contribution in [2.45, 2.75) is 13.0 Å². The molecule has 1 saturated heterocycles. The van der Waals surface area contributed by atoms with E-state index in [-0.39, 0.29) is 6.04 Å². The number of aromatic nitrogens is 3. The van der Waals surface area contributed by atoms with Crippen molar-refractivity contribution < 1.29 is 18.7 Å². The van der Waals surface area contributed by atoms with Crippen molar-refractivity contribution in [3.8, 4) is 16.9 Å². The number of Topliss-reactive ketones (excluding diaryl/α,β-unsaturated/α-hetero) is 1. The molecular weight excluding hydrogens is 499 g/mol. The maximum atomic E-state index is 13.3. The van der Waals surface area contributed by atoms with E-state index in [1.165, 1.54) is 12.4 Å². The fourth-order valence-electron chi connectivity index (χ4n) is 5.24. The molecule has 10 heteroatoms. The Morgan fingerprint density at radius 1 is 1.05 bits per heavy atom. The summed E-state index contributed by atoms with van der Waals surface area (Å²) in [4.78, 5) is 38.9. The molecule has 2 aliphatic heterocycles. The van der Waals surface area contributed by atoms with Crippen LogP contribution in [-0.4, -0.2) is 58.5 Å². The molecular formula is C29H27FN6O3. The minimum atomic E-state index is -0.713. The summed E-state index contributed by atoms with van der Waals surface area (Å²) in [6, 6.07) is 17.0. The zero-order valence-corrected chi connectivity index (χ0v) is 21.6. The Morgan fingerprint density at radius 2 is 1.82 bits per heavy atom. The molecule has 198 valence electrons. The van der Waals surface area contributed by atoms with Crippen molar-refractivity contribution in [1.82, 2.24) is 14.5 Å². The van der Waals surface area contributed by atoms with Crippen molar-refractivity contribution >= 4 is 29.0 Å². The van der Waals surface area contributed by atoms with Crippen molar-refractivity contribution in [3.05, 3.63) is 84.2 Å². The normalized spacial score (nSPS) is 16.2. The first kappa shape index (κ1) is 24.6. The molecule has 2 aliphatic rings. The van der Waals surface area contributed by atoms with Crippen LogP contribution in [-0.2, 0) is 11.8 Å². The van der Waals surface area contributed by atoms with Gasteiger partial charge in [-0.2, -0.15) is 0 Å². The van der Waals surface area contributed by atoms with Gasteiger partial charge in [-0.05, 0) is 30.7 Å². The molecule has 4 aromatic rings. The summed E-state index contributed by atoms with van der Waals surface area (Å²) in [5, 5.41) is 2.75. The van der Waals surface area contributed by atoms with Gasteiger partial charge in [0.2, 0.25) is 5.95 Å². The lowest BCUT2D eigenvalue weighted by Crippen LogP contribution is -2.57. The highest BCUT2D eigenvalue weighted by atomic mass is 19.1. The first-order chi connectivity index (χ1) is 18.9. The minimum Gasteiger partial charge on any atom is -0.489 e. The third-order valence-electron chi connectivity index (χ3n) is 7.31. The molecule has 2 aromatic carbocycles. The monoisotopic (exact) mass is 526 g/mol. The summed E-state index contributed by atoms with van der Waals surface area (Å²) in [5.74, 6) is -0.652. The van der Waals surface area contributed by atoms with Gasteiger partial charge in [-0.1, -0.05) is 30.3 Å². The number of benzene rings is 2. The van der Waals surface area contributed by atoms with Crippen LogP contribution in [0, 0.1) is 12.7 Å². The predicted molar refractivity (Wildman–Crippen MR) is 146 cm³/mol. The number of aryl methyl sites for hydroxylation is 1. The maximum Gasteiger partial charge on any atom is 0.298 e. The number of fused-ring (bicyclic) bond motifs is 3. The smallest absolute Gasteiger partial charge is 0.298 e. The molecule has 0 spiro atoms. The predicted octanol–water partition coefficient (Wildman–Crippen LogP) is 3.84. The third kappa shape index (κ3) is 4.58. The fraction of sp³-hybridized carbons (Fsp3) is 0.241. The number of carbonyl (C=O) groups excluding carboxylic acids is 2. The highest BCUT2D eigenvalue weighted by Crippen LogP contribution is 2.38. The molecule has 0 bridgehead atoms. The van der Waals surface area contributed by atoms with E-state index < -0.39 is 17.5 Å². The van der Waals surface area contributed by atoms with Gasteiger partial charge in [0.05, 0.1) is 24.1 Å². The van der Waals surface area contributed by atoms with Crippen molar-refractivity contribution in [2.75, 3.05) is 41.4 Å². The summed E-state index contributed by atoms with van der Waals surface area (Å²) in [6.07, 6.45) is 2.34.